The maximum absolute atomic E-state index is 11.7. The van der Waals surface area contributed by atoms with E-state index in [0.29, 0.717) is 18.7 Å². The van der Waals surface area contributed by atoms with Gasteiger partial charge in [-0.1, -0.05) is 0 Å². The van der Waals surface area contributed by atoms with Gasteiger partial charge in [-0.3, -0.25) is 15.2 Å². The first-order chi connectivity index (χ1) is 8.61. The van der Waals surface area contributed by atoms with Gasteiger partial charge in [-0.2, -0.15) is 0 Å². The van der Waals surface area contributed by atoms with Crippen LogP contribution in [0.3, 0.4) is 0 Å². The van der Waals surface area contributed by atoms with Crippen LogP contribution >= 0.6 is 0 Å². The summed E-state index contributed by atoms with van der Waals surface area (Å²) in [5.74, 6) is 4.64. The van der Waals surface area contributed by atoms with Crippen LogP contribution in [0.1, 0.15) is 16.1 Å². The second-order valence-corrected chi connectivity index (χ2v) is 4.14. The third-order valence-corrected chi connectivity index (χ3v) is 2.87. The first kappa shape index (κ1) is 12.3. The molecule has 0 saturated carbocycles. The van der Waals surface area contributed by atoms with Crippen molar-refractivity contribution in [3.63, 3.8) is 0 Å². The molecular weight excluding hydrogens is 234 g/mol. The number of aromatic nitrogens is 1. The van der Waals surface area contributed by atoms with Crippen LogP contribution in [0.2, 0.25) is 0 Å². The van der Waals surface area contributed by atoms with E-state index in [1.165, 1.54) is 6.20 Å². The molecule has 1 aromatic heterocycles. The number of nitrogens with one attached hydrogen (secondary N) is 1. The van der Waals surface area contributed by atoms with E-state index >= 15 is 0 Å². The summed E-state index contributed by atoms with van der Waals surface area (Å²) in [6, 6.07) is 3.35. The van der Waals surface area contributed by atoms with Crippen molar-refractivity contribution in [1.29, 1.82) is 0 Å². The van der Waals surface area contributed by atoms with Gasteiger partial charge in [0.25, 0.3) is 5.91 Å². The second-order valence-electron chi connectivity index (χ2n) is 4.14. The van der Waals surface area contributed by atoms with Crippen LogP contribution in [0.25, 0.3) is 0 Å². The molecule has 0 aliphatic carbocycles. The number of pyridine rings is 1. The maximum Gasteiger partial charge on any atom is 0.320 e. The van der Waals surface area contributed by atoms with Crippen LogP contribution in [0, 0.1) is 0 Å². The van der Waals surface area contributed by atoms with Gasteiger partial charge < -0.3 is 9.80 Å². The Balaban J connectivity index is 2.03. The number of amides is 3. The standard InChI is InChI=1S/C11H15N5O2/c1-15-4-5-16(11(15)18)7-9-3-2-8(6-13-9)10(17)14-12/h2-3,6H,4-5,7,12H2,1H3,(H,14,17). The first-order valence-electron chi connectivity index (χ1n) is 5.57. The maximum atomic E-state index is 11.7. The predicted molar refractivity (Wildman–Crippen MR) is 64.3 cm³/mol. The second kappa shape index (κ2) is 5.01. The summed E-state index contributed by atoms with van der Waals surface area (Å²) in [7, 11) is 1.77. The molecule has 3 amide bonds. The van der Waals surface area contributed by atoms with E-state index in [-0.39, 0.29) is 11.9 Å². The molecule has 1 aromatic rings. The first-order valence-corrected chi connectivity index (χ1v) is 5.57. The molecule has 3 N–H and O–H groups in total. The Bertz CT molecular complexity index is 459. The van der Waals surface area contributed by atoms with E-state index in [2.05, 4.69) is 4.98 Å². The summed E-state index contributed by atoms with van der Waals surface area (Å²) in [5, 5.41) is 0. The minimum atomic E-state index is -0.383. The summed E-state index contributed by atoms with van der Waals surface area (Å²) in [6.07, 6.45) is 1.45. The minimum Gasteiger partial charge on any atom is -0.326 e. The number of carbonyl (C=O) groups excluding carboxylic acids is 2. The Labute approximate surface area is 105 Å². The van der Waals surface area contributed by atoms with Gasteiger partial charge in [0.1, 0.15) is 0 Å². The molecule has 96 valence electrons. The van der Waals surface area contributed by atoms with Gasteiger partial charge >= 0.3 is 6.03 Å². The average molecular weight is 249 g/mol. The molecule has 1 aliphatic heterocycles. The van der Waals surface area contributed by atoms with Crippen molar-refractivity contribution in [2.45, 2.75) is 6.54 Å². The molecule has 0 unspecified atom stereocenters. The van der Waals surface area contributed by atoms with Gasteiger partial charge in [-0.05, 0) is 12.1 Å². The summed E-state index contributed by atoms with van der Waals surface area (Å²) >= 11 is 0. The number of nitrogens with two attached hydrogens (primary N) is 1. The fourth-order valence-electron chi connectivity index (χ4n) is 1.78. The third-order valence-electron chi connectivity index (χ3n) is 2.87. The van der Waals surface area contributed by atoms with Crippen LogP contribution in [-0.2, 0) is 6.54 Å². The normalized spacial score (nSPS) is 15.1. The lowest BCUT2D eigenvalue weighted by Gasteiger charge is -2.15. The lowest BCUT2D eigenvalue weighted by atomic mass is 10.2. The van der Waals surface area contributed by atoms with Gasteiger partial charge in [0.15, 0.2) is 0 Å². The number of hydrogen-bond acceptors (Lipinski definition) is 4. The summed E-state index contributed by atoms with van der Waals surface area (Å²) in [5.41, 5.74) is 3.17. The zero-order valence-electron chi connectivity index (χ0n) is 10.1. The van der Waals surface area contributed by atoms with Crippen molar-refractivity contribution in [3.05, 3.63) is 29.6 Å². The van der Waals surface area contributed by atoms with Gasteiger partial charge in [0, 0.05) is 26.3 Å². The van der Waals surface area contributed by atoms with Crippen LogP contribution in [0.4, 0.5) is 4.79 Å². The zero-order chi connectivity index (χ0) is 13.1. The quantitative estimate of drug-likeness (QED) is 0.431. The number of nitrogen functional groups attached to an aromatic ring is 1. The number of rotatable bonds is 3. The molecule has 18 heavy (non-hydrogen) atoms. The number of hydrogen-bond donors (Lipinski definition) is 2. The van der Waals surface area contributed by atoms with Crippen LogP contribution in [-0.4, -0.2) is 46.9 Å². The van der Waals surface area contributed by atoms with Crippen molar-refractivity contribution in [3.8, 4) is 0 Å². The highest BCUT2D eigenvalue weighted by Crippen LogP contribution is 2.10. The molecule has 7 heteroatoms. The third kappa shape index (κ3) is 2.40. The molecule has 1 saturated heterocycles. The van der Waals surface area contributed by atoms with Gasteiger partial charge in [0.2, 0.25) is 0 Å². The van der Waals surface area contributed by atoms with Crippen LogP contribution in [0.5, 0.6) is 0 Å². The number of likely N-dealkylation sites (N-methyl/N-ethyl adjacent to an activating group) is 1. The Morgan fingerprint density at radius 2 is 2.28 bits per heavy atom. The Kier molecular flexibility index (Phi) is 3.42. The summed E-state index contributed by atoms with van der Waals surface area (Å²) in [4.78, 5) is 30.4. The molecular formula is C11H15N5O2. The van der Waals surface area contributed by atoms with E-state index in [4.69, 9.17) is 5.84 Å². The van der Waals surface area contributed by atoms with Crippen molar-refractivity contribution in [2.24, 2.45) is 5.84 Å². The van der Waals surface area contributed by atoms with Crippen molar-refractivity contribution < 1.29 is 9.59 Å². The number of nitrogens with zero attached hydrogens (tertiary/aromatic N) is 3. The zero-order valence-corrected chi connectivity index (χ0v) is 10.1. The predicted octanol–water partition coefficient (Wildman–Crippen LogP) is -0.447. The lowest BCUT2D eigenvalue weighted by molar-refractivity contribution is 0.0953. The van der Waals surface area contributed by atoms with Crippen molar-refractivity contribution in [2.75, 3.05) is 20.1 Å². The molecule has 0 spiro atoms. The van der Waals surface area contributed by atoms with E-state index < -0.39 is 0 Å². The molecule has 0 bridgehead atoms. The number of urea groups is 1. The largest absolute Gasteiger partial charge is 0.326 e. The summed E-state index contributed by atoms with van der Waals surface area (Å²) < 4.78 is 0. The Hall–Kier alpha value is -2.15. The topological polar surface area (TPSA) is 91.6 Å². The van der Waals surface area contributed by atoms with Crippen molar-refractivity contribution >= 4 is 11.9 Å². The molecule has 1 aliphatic rings. The Morgan fingerprint density at radius 1 is 1.50 bits per heavy atom. The molecule has 0 aromatic carbocycles. The number of hydrazine groups is 1. The smallest absolute Gasteiger partial charge is 0.320 e. The van der Waals surface area contributed by atoms with E-state index in [1.54, 1.807) is 29.0 Å². The van der Waals surface area contributed by atoms with E-state index in [9.17, 15) is 9.59 Å². The summed E-state index contributed by atoms with van der Waals surface area (Å²) in [6.45, 7) is 1.88. The number of carbonyl (C=O) groups is 2. The molecule has 0 atom stereocenters. The minimum absolute atomic E-state index is 0.000535. The van der Waals surface area contributed by atoms with Crippen LogP contribution in [0.15, 0.2) is 18.3 Å². The van der Waals surface area contributed by atoms with Gasteiger partial charge in [0.05, 0.1) is 17.8 Å². The van der Waals surface area contributed by atoms with Crippen LogP contribution < -0.4 is 11.3 Å². The molecule has 0 radical (unpaired) electrons. The molecule has 1 fully saturated rings. The highest BCUT2D eigenvalue weighted by atomic mass is 16.2. The fourth-order valence-corrected chi connectivity index (χ4v) is 1.78. The monoisotopic (exact) mass is 249 g/mol. The Morgan fingerprint density at radius 3 is 2.78 bits per heavy atom. The molecule has 2 rings (SSSR count). The highest BCUT2D eigenvalue weighted by Gasteiger charge is 2.25. The van der Waals surface area contributed by atoms with Gasteiger partial charge in [-0.15, -0.1) is 0 Å². The SMILES string of the molecule is CN1CCN(Cc2ccc(C(=O)NN)cn2)C1=O. The highest BCUT2D eigenvalue weighted by molar-refractivity contribution is 5.93. The van der Waals surface area contributed by atoms with Crippen molar-refractivity contribution in [1.82, 2.24) is 20.2 Å². The van der Waals surface area contributed by atoms with E-state index in [0.717, 1.165) is 12.2 Å². The molecule has 2 heterocycles. The average Bonchev–Trinajstić information content (AvgIpc) is 2.71. The van der Waals surface area contributed by atoms with Gasteiger partial charge in [-0.25, -0.2) is 10.6 Å². The molecule has 7 nitrogen and oxygen atoms in total. The van der Waals surface area contributed by atoms with E-state index in [1.807, 2.05) is 5.43 Å². The fraction of sp³-hybridized carbons (Fsp3) is 0.364. The lowest BCUT2D eigenvalue weighted by Crippen LogP contribution is -2.30.